The molecule has 0 saturated heterocycles. The SMILES string of the molecule is CCOC(=O)Nc1ccc2c(c1)C(=O)Nc1cc(Cl)ccc1O2. The van der Waals surface area contributed by atoms with Crippen LogP contribution in [0.25, 0.3) is 0 Å². The van der Waals surface area contributed by atoms with E-state index in [1.54, 1.807) is 37.3 Å². The number of benzene rings is 2. The molecule has 1 aliphatic heterocycles. The third-order valence-electron chi connectivity index (χ3n) is 3.16. The minimum atomic E-state index is -0.586. The quantitative estimate of drug-likeness (QED) is 0.861. The average molecular weight is 333 g/mol. The number of nitrogens with one attached hydrogen (secondary N) is 2. The Hall–Kier alpha value is -2.73. The average Bonchev–Trinajstić information content (AvgIpc) is 2.63. The number of fused-ring (bicyclic) bond motifs is 2. The van der Waals surface area contributed by atoms with Crippen LogP contribution in [-0.2, 0) is 4.74 Å². The van der Waals surface area contributed by atoms with Crippen molar-refractivity contribution in [2.75, 3.05) is 17.2 Å². The van der Waals surface area contributed by atoms with Crippen LogP contribution in [0.2, 0.25) is 5.02 Å². The van der Waals surface area contributed by atoms with Gasteiger partial charge in [0.2, 0.25) is 0 Å². The first-order chi connectivity index (χ1) is 11.1. The molecule has 2 amide bonds. The summed E-state index contributed by atoms with van der Waals surface area (Å²) < 4.78 is 10.6. The smallest absolute Gasteiger partial charge is 0.411 e. The highest BCUT2D eigenvalue weighted by Gasteiger charge is 2.21. The predicted molar refractivity (Wildman–Crippen MR) is 86.6 cm³/mol. The van der Waals surface area contributed by atoms with Crippen LogP contribution >= 0.6 is 11.6 Å². The fraction of sp³-hybridized carbons (Fsp3) is 0.125. The molecule has 1 aliphatic rings. The highest BCUT2D eigenvalue weighted by Crippen LogP contribution is 2.37. The van der Waals surface area contributed by atoms with Gasteiger partial charge in [0.1, 0.15) is 5.75 Å². The van der Waals surface area contributed by atoms with Crippen molar-refractivity contribution in [3.63, 3.8) is 0 Å². The van der Waals surface area contributed by atoms with Crippen LogP contribution < -0.4 is 15.4 Å². The number of anilines is 2. The summed E-state index contributed by atoms with van der Waals surface area (Å²) in [4.78, 5) is 23.8. The van der Waals surface area contributed by atoms with E-state index in [-0.39, 0.29) is 12.5 Å². The predicted octanol–water partition coefficient (Wildman–Crippen LogP) is 4.27. The molecule has 0 unspecified atom stereocenters. The highest BCUT2D eigenvalue weighted by atomic mass is 35.5. The normalized spacial score (nSPS) is 12.2. The molecule has 0 atom stereocenters. The second-order valence-corrected chi connectivity index (χ2v) is 5.19. The Bertz CT molecular complexity index is 792. The molecule has 0 radical (unpaired) electrons. The van der Waals surface area contributed by atoms with Gasteiger partial charge in [0.05, 0.1) is 17.9 Å². The standard InChI is InChI=1S/C16H13ClN2O4/c1-2-22-16(21)18-10-4-6-13-11(8-10)15(20)19-12-7-9(17)3-5-14(12)23-13/h3-8H,2H2,1H3,(H,18,21)(H,19,20). The Kier molecular flexibility index (Phi) is 4.08. The summed E-state index contributed by atoms with van der Waals surface area (Å²) in [6.07, 6.45) is -0.586. The minimum absolute atomic E-state index is 0.260. The lowest BCUT2D eigenvalue weighted by atomic mass is 10.1. The summed E-state index contributed by atoms with van der Waals surface area (Å²) in [6.45, 7) is 1.97. The lowest BCUT2D eigenvalue weighted by Crippen LogP contribution is -2.15. The maximum absolute atomic E-state index is 12.4. The third kappa shape index (κ3) is 3.22. The Morgan fingerprint density at radius 2 is 2.04 bits per heavy atom. The molecule has 2 aromatic carbocycles. The van der Waals surface area contributed by atoms with Crippen LogP contribution in [0.15, 0.2) is 36.4 Å². The van der Waals surface area contributed by atoms with Crippen molar-refractivity contribution in [1.82, 2.24) is 0 Å². The maximum Gasteiger partial charge on any atom is 0.411 e. The fourth-order valence-corrected chi connectivity index (χ4v) is 2.33. The zero-order valence-corrected chi connectivity index (χ0v) is 12.9. The number of hydrogen-bond donors (Lipinski definition) is 2. The Morgan fingerprint density at radius 3 is 2.83 bits per heavy atom. The Labute approximate surface area is 137 Å². The summed E-state index contributed by atoms with van der Waals surface area (Å²) in [5.74, 6) is 0.527. The van der Waals surface area contributed by atoms with Crippen molar-refractivity contribution in [3.8, 4) is 11.5 Å². The van der Waals surface area contributed by atoms with Crippen molar-refractivity contribution in [3.05, 3.63) is 47.0 Å². The summed E-state index contributed by atoms with van der Waals surface area (Å²) in [5, 5.41) is 5.77. The molecule has 0 aromatic heterocycles. The minimum Gasteiger partial charge on any atom is -0.454 e. The molecule has 7 heteroatoms. The molecular weight excluding hydrogens is 320 g/mol. The molecular formula is C16H13ClN2O4. The number of ether oxygens (including phenoxy) is 2. The van der Waals surface area contributed by atoms with E-state index in [0.717, 1.165) is 0 Å². The molecule has 23 heavy (non-hydrogen) atoms. The van der Waals surface area contributed by atoms with E-state index in [1.807, 2.05) is 0 Å². The molecule has 0 aliphatic carbocycles. The molecule has 0 fully saturated rings. The molecule has 2 aromatic rings. The van der Waals surface area contributed by atoms with Crippen molar-refractivity contribution in [2.45, 2.75) is 6.92 Å². The summed E-state index contributed by atoms with van der Waals surface area (Å²) >= 11 is 5.93. The zero-order valence-electron chi connectivity index (χ0n) is 12.2. The Morgan fingerprint density at radius 1 is 1.26 bits per heavy atom. The fourth-order valence-electron chi connectivity index (χ4n) is 2.16. The van der Waals surface area contributed by atoms with Gasteiger partial charge in [-0.25, -0.2) is 4.79 Å². The lowest BCUT2D eigenvalue weighted by molar-refractivity contribution is 0.102. The number of carbonyl (C=O) groups is 2. The van der Waals surface area contributed by atoms with Crippen LogP contribution in [-0.4, -0.2) is 18.6 Å². The van der Waals surface area contributed by atoms with Gasteiger partial charge < -0.3 is 14.8 Å². The van der Waals surface area contributed by atoms with E-state index in [4.69, 9.17) is 21.1 Å². The van der Waals surface area contributed by atoms with Gasteiger partial charge in [-0.2, -0.15) is 0 Å². The van der Waals surface area contributed by atoms with Crippen LogP contribution in [0.3, 0.4) is 0 Å². The summed E-state index contributed by atoms with van der Waals surface area (Å²) in [5.41, 5.74) is 1.22. The van der Waals surface area contributed by atoms with Gasteiger partial charge >= 0.3 is 6.09 Å². The number of halogens is 1. The van der Waals surface area contributed by atoms with Crippen molar-refractivity contribution < 1.29 is 19.1 Å². The number of rotatable bonds is 2. The van der Waals surface area contributed by atoms with E-state index < -0.39 is 6.09 Å². The van der Waals surface area contributed by atoms with Crippen LogP contribution in [0, 0.1) is 0 Å². The summed E-state index contributed by atoms with van der Waals surface area (Å²) in [6, 6.07) is 9.73. The van der Waals surface area contributed by atoms with Gasteiger partial charge in [-0.3, -0.25) is 10.1 Å². The Balaban J connectivity index is 1.92. The largest absolute Gasteiger partial charge is 0.454 e. The van der Waals surface area contributed by atoms with Gasteiger partial charge in [0, 0.05) is 10.7 Å². The molecule has 0 spiro atoms. The number of amides is 2. The third-order valence-corrected chi connectivity index (χ3v) is 3.39. The van der Waals surface area contributed by atoms with Crippen molar-refractivity contribution in [2.24, 2.45) is 0 Å². The van der Waals surface area contributed by atoms with Crippen LogP contribution in [0.4, 0.5) is 16.2 Å². The maximum atomic E-state index is 12.4. The van der Waals surface area contributed by atoms with Crippen molar-refractivity contribution >= 4 is 35.0 Å². The molecule has 1 heterocycles. The number of hydrogen-bond acceptors (Lipinski definition) is 4. The molecule has 2 N–H and O–H groups in total. The monoisotopic (exact) mass is 332 g/mol. The molecule has 3 rings (SSSR count). The van der Waals surface area contributed by atoms with Gasteiger partial charge in [-0.15, -0.1) is 0 Å². The second-order valence-electron chi connectivity index (χ2n) is 4.75. The first-order valence-corrected chi connectivity index (χ1v) is 7.31. The first kappa shape index (κ1) is 15.2. The van der Waals surface area contributed by atoms with E-state index in [0.29, 0.717) is 33.5 Å². The van der Waals surface area contributed by atoms with Gasteiger partial charge in [0.25, 0.3) is 5.91 Å². The first-order valence-electron chi connectivity index (χ1n) is 6.93. The van der Waals surface area contributed by atoms with Crippen LogP contribution in [0.5, 0.6) is 11.5 Å². The van der Waals surface area contributed by atoms with E-state index in [2.05, 4.69) is 10.6 Å². The molecule has 118 valence electrons. The van der Waals surface area contributed by atoms with E-state index >= 15 is 0 Å². The van der Waals surface area contributed by atoms with Gasteiger partial charge in [-0.1, -0.05) is 11.6 Å². The second kappa shape index (κ2) is 6.18. The van der Waals surface area contributed by atoms with Gasteiger partial charge in [0.15, 0.2) is 5.75 Å². The van der Waals surface area contributed by atoms with Gasteiger partial charge in [-0.05, 0) is 43.3 Å². The number of carbonyl (C=O) groups excluding carboxylic acids is 2. The molecule has 0 saturated carbocycles. The zero-order chi connectivity index (χ0) is 16.4. The lowest BCUT2D eigenvalue weighted by Gasteiger charge is -2.09. The van der Waals surface area contributed by atoms with Crippen LogP contribution in [0.1, 0.15) is 17.3 Å². The topological polar surface area (TPSA) is 76.7 Å². The van der Waals surface area contributed by atoms with Crippen molar-refractivity contribution in [1.29, 1.82) is 0 Å². The highest BCUT2D eigenvalue weighted by molar-refractivity contribution is 6.31. The molecule has 6 nitrogen and oxygen atoms in total. The van der Waals surface area contributed by atoms with E-state index in [9.17, 15) is 9.59 Å². The van der Waals surface area contributed by atoms with E-state index in [1.165, 1.54) is 6.07 Å². The summed E-state index contributed by atoms with van der Waals surface area (Å²) in [7, 11) is 0. The molecule has 0 bridgehead atoms.